The molecule has 0 bridgehead atoms. The molecule has 3 N–H and O–H groups in total. The summed E-state index contributed by atoms with van der Waals surface area (Å²) in [6, 6.07) is 12.3. The predicted octanol–water partition coefficient (Wildman–Crippen LogP) is 5.21. The molecule has 33 heavy (non-hydrogen) atoms. The van der Waals surface area contributed by atoms with Gasteiger partial charge < -0.3 is 20.4 Å². The lowest BCUT2D eigenvalue weighted by molar-refractivity contribution is -0.192. The summed E-state index contributed by atoms with van der Waals surface area (Å²) in [5, 5.41) is 19.5. The van der Waals surface area contributed by atoms with Gasteiger partial charge in [-0.1, -0.05) is 31.0 Å². The van der Waals surface area contributed by atoms with Gasteiger partial charge in [-0.15, -0.1) is 0 Å². The summed E-state index contributed by atoms with van der Waals surface area (Å²) < 4.78 is 31.7. The number of benzene rings is 2. The number of anilines is 2. The van der Waals surface area contributed by atoms with Crippen LogP contribution in [-0.4, -0.2) is 47.3 Å². The monoisotopic (exact) mass is 468 g/mol. The maximum atomic E-state index is 12.4. The second-order valence-electron chi connectivity index (χ2n) is 7.10. The predicted molar refractivity (Wildman–Crippen MR) is 119 cm³/mol. The van der Waals surface area contributed by atoms with E-state index in [1.807, 2.05) is 26.0 Å². The number of alkyl halides is 3. The van der Waals surface area contributed by atoms with Crippen molar-refractivity contribution >= 4 is 29.2 Å². The highest BCUT2D eigenvalue weighted by Crippen LogP contribution is 2.25. The first-order chi connectivity index (χ1) is 15.4. The molecule has 0 aromatic heterocycles. The fourth-order valence-corrected chi connectivity index (χ4v) is 2.85. The lowest BCUT2D eigenvalue weighted by Crippen LogP contribution is -2.26. The van der Waals surface area contributed by atoms with Crippen molar-refractivity contribution in [3.05, 3.63) is 59.2 Å². The van der Waals surface area contributed by atoms with Crippen LogP contribution in [0.1, 0.15) is 53.0 Å². The number of aliphatic carboxylic acids is 1. The molecule has 0 unspecified atom stereocenters. The Hall–Kier alpha value is -3.56. The van der Waals surface area contributed by atoms with E-state index in [-0.39, 0.29) is 11.5 Å². The number of rotatable bonds is 8. The summed E-state index contributed by atoms with van der Waals surface area (Å²) in [5.74, 6) is -4.01. The van der Waals surface area contributed by atoms with Crippen molar-refractivity contribution in [3.8, 4) is 0 Å². The molecule has 0 saturated heterocycles. The summed E-state index contributed by atoms with van der Waals surface area (Å²) in [6.07, 6.45) is -3.04. The Morgan fingerprint density at radius 1 is 1.03 bits per heavy atom. The first kappa shape index (κ1) is 27.5. The maximum Gasteiger partial charge on any atom is 0.490 e. The molecule has 7 nitrogen and oxygen atoms in total. The summed E-state index contributed by atoms with van der Waals surface area (Å²) in [5.41, 5.74) is 2.90. The lowest BCUT2D eigenvalue weighted by atomic mass is 10.1. The number of hydrogen-bond acceptors (Lipinski definition) is 4. The zero-order valence-corrected chi connectivity index (χ0v) is 18.6. The Morgan fingerprint density at radius 2 is 1.67 bits per heavy atom. The van der Waals surface area contributed by atoms with Crippen LogP contribution in [0.2, 0.25) is 0 Å². The fraction of sp³-hybridized carbons (Fsp3) is 0.348. The van der Waals surface area contributed by atoms with E-state index in [1.165, 1.54) is 6.07 Å². The highest BCUT2D eigenvalue weighted by Gasteiger charge is 2.38. The van der Waals surface area contributed by atoms with E-state index in [0.717, 1.165) is 31.5 Å². The Balaban J connectivity index is 0.000000675. The third-order valence-electron chi connectivity index (χ3n) is 4.51. The molecule has 2 rings (SSSR count). The van der Waals surface area contributed by atoms with Gasteiger partial charge in [-0.05, 0) is 50.6 Å². The van der Waals surface area contributed by atoms with Gasteiger partial charge in [-0.25, -0.2) is 9.59 Å². The number of hydrogen-bond donors (Lipinski definition) is 3. The number of halogens is 3. The number of unbranched alkanes of at least 4 members (excludes halogenated alkanes) is 1. The van der Waals surface area contributed by atoms with Gasteiger partial charge in [0.05, 0.1) is 11.3 Å². The van der Waals surface area contributed by atoms with Gasteiger partial charge >= 0.3 is 18.1 Å². The first-order valence-electron chi connectivity index (χ1n) is 10.2. The van der Waals surface area contributed by atoms with Gasteiger partial charge in [0.25, 0.3) is 5.91 Å². The minimum atomic E-state index is -5.08. The number of nitrogens with zero attached hydrogens (tertiary/aromatic N) is 1. The second kappa shape index (κ2) is 12.5. The molecule has 0 heterocycles. The fourth-order valence-electron chi connectivity index (χ4n) is 2.85. The average Bonchev–Trinajstić information content (AvgIpc) is 2.74. The zero-order valence-electron chi connectivity index (χ0n) is 18.6. The molecule has 0 aliphatic carbocycles. The van der Waals surface area contributed by atoms with E-state index in [0.29, 0.717) is 16.9 Å². The van der Waals surface area contributed by atoms with Crippen LogP contribution in [-0.2, 0) is 4.79 Å². The Bertz CT molecular complexity index is 977. The molecule has 2 aromatic rings. The third kappa shape index (κ3) is 8.83. The molecule has 1 amide bonds. The Labute approximate surface area is 189 Å². The van der Waals surface area contributed by atoms with E-state index >= 15 is 0 Å². The van der Waals surface area contributed by atoms with Crippen molar-refractivity contribution in [2.75, 3.05) is 23.3 Å². The molecular formula is C23H27F3N2O5. The van der Waals surface area contributed by atoms with E-state index in [1.54, 1.807) is 24.3 Å². The number of carboxylic acids is 2. The third-order valence-corrected chi connectivity index (χ3v) is 4.51. The second-order valence-corrected chi connectivity index (χ2v) is 7.10. The van der Waals surface area contributed by atoms with Crippen LogP contribution in [0, 0.1) is 6.92 Å². The van der Waals surface area contributed by atoms with Crippen molar-refractivity contribution in [1.82, 2.24) is 0 Å². The molecule has 0 fully saturated rings. The number of amides is 1. The molecule has 2 aromatic carbocycles. The molecule has 0 radical (unpaired) electrons. The molecule has 0 aliphatic rings. The van der Waals surface area contributed by atoms with Crippen LogP contribution in [0.3, 0.4) is 0 Å². The van der Waals surface area contributed by atoms with Crippen LogP contribution in [0.15, 0.2) is 42.5 Å². The molecular weight excluding hydrogens is 441 g/mol. The number of carbonyl (C=O) groups is 3. The molecule has 0 saturated carbocycles. The van der Waals surface area contributed by atoms with Gasteiger partial charge in [0.1, 0.15) is 0 Å². The smallest absolute Gasteiger partial charge is 0.478 e. The maximum absolute atomic E-state index is 12.4. The molecule has 0 atom stereocenters. The Kier molecular flexibility index (Phi) is 10.4. The van der Waals surface area contributed by atoms with Crippen molar-refractivity contribution in [3.63, 3.8) is 0 Å². The summed E-state index contributed by atoms with van der Waals surface area (Å²) >= 11 is 0. The highest BCUT2D eigenvalue weighted by molar-refractivity contribution is 6.05. The summed E-state index contributed by atoms with van der Waals surface area (Å²) in [7, 11) is 0. The van der Waals surface area contributed by atoms with Crippen LogP contribution < -0.4 is 10.2 Å². The van der Waals surface area contributed by atoms with Gasteiger partial charge in [0.15, 0.2) is 0 Å². The van der Waals surface area contributed by atoms with Gasteiger partial charge in [0, 0.05) is 24.3 Å². The quantitative estimate of drug-likeness (QED) is 0.491. The summed E-state index contributed by atoms with van der Waals surface area (Å²) in [6.45, 7) is 7.58. The number of carboxylic acid groups (broad SMARTS) is 2. The van der Waals surface area contributed by atoms with Crippen molar-refractivity contribution in [2.24, 2.45) is 0 Å². The lowest BCUT2D eigenvalue weighted by Gasteiger charge is -2.25. The first-order valence-corrected chi connectivity index (χ1v) is 10.2. The van der Waals surface area contributed by atoms with Gasteiger partial charge in [0.2, 0.25) is 0 Å². The largest absolute Gasteiger partial charge is 0.490 e. The van der Waals surface area contributed by atoms with Gasteiger partial charge in [-0.2, -0.15) is 13.2 Å². The van der Waals surface area contributed by atoms with Crippen LogP contribution in [0.25, 0.3) is 0 Å². The van der Waals surface area contributed by atoms with Crippen LogP contribution in [0.4, 0.5) is 24.5 Å². The molecule has 0 spiro atoms. The number of nitrogens with one attached hydrogen (secondary N) is 1. The van der Waals surface area contributed by atoms with Crippen LogP contribution >= 0.6 is 0 Å². The molecule has 0 aliphatic heterocycles. The minimum absolute atomic E-state index is 0.199. The SMILES string of the molecule is CCCCN(CC)c1ccc(NC(=O)c2cccc(C)c2)cc1C(=O)O.O=C(O)C(F)(F)F. The van der Waals surface area contributed by atoms with E-state index in [9.17, 15) is 27.9 Å². The van der Waals surface area contributed by atoms with E-state index in [4.69, 9.17) is 9.90 Å². The minimum Gasteiger partial charge on any atom is -0.478 e. The van der Waals surface area contributed by atoms with Crippen molar-refractivity contribution < 1.29 is 37.8 Å². The topological polar surface area (TPSA) is 107 Å². The number of aromatic carboxylic acids is 1. The average molecular weight is 468 g/mol. The van der Waals surface area contributed by atoms with Crippen LogP contribution in [0.5, 0.6) is 0 Å². The summed E-state index contributed by atoms with van der Waals surface area (Å²) in [4.78, 5) is 35.1. The Morgan fingerprint density at radius 3 is 2.15 bits per heavy atom. The zero-order chi connectivity index (χ0) is 25.2. The standard InChI is InChI=1S/C21H26N2O3.C2HF3O2/c1-4-6-12-23(5-2)19-11-10-17(14-18(19)21(25)26)22-20(24)16-9-7-8-15(3)13-16;3-2(4,5)1(6)7/h7-11,13-14H,4-6,12H2,1-3H3,(H,22,24)(H,25,26);(H,6,7). The molecule has 180 valence electrons. The number of aryl methyl sites for hydroxylation is 1. The van der Waals surface area contributed by atoms with Crippen molar-refractivity contribution in [1.29, 1.82) is 0 Å². The number of carbonyl (C=O) groups excluding carboxylic acids is 1. The molecule has 10 heteroatoms. The van der Waals surface area contributed by atoms with E-state index < -0.39 is 18.1 Å². The highest BCUT2D eigenvalue weighted by atomic mass is 19.4. The van der Waals surface area contributed by atoms with E-state index in [2.05, 4.69) is 17.1 Å². The van der Waals surface area contributed by atoms with Crippen molar-refractivity contribution in [2.45, 2.75) is 39.8 Å². The van der Waals surface area contributed by atoms with Gasteiger partial charge in [-0.3, -0.25) is 4.79 Å². The normalized spacial score (nSPS) is 10.6.